The number of likely N-dealkylation sites (N-methyl/N-ethyl adjacent to an activating group) is 1. The Bertz CT molecular complexity index is 702. The van der Waals surface area contributed by atoms with Crippen molar-refractivity contribution >= 4 is 40.0 Å². The fraction of sp³-hybridized carbons (Fsp3) is 0.375. The largest absolute Gasteiger partial charge is 0.390 e. The van der Waals surface area contributed by atoms with E-state index in [1.807, 2.05) is 44.1 Å². The molecule has 1 heterocycles. The number of rotatable bonds is 6. The van der Waals surface area contributed by atoms with Crippen LogP contribution in [0.4, 0.5) is 16.2 Å². The SMILES string of the molecule is Cc1cc(I)ccc1NC(=O)Nc1cnn(CC(O)CN(C)C)c1. The lowest BCUT2D eigenvalue weighted by Crippen LogP contribution is -2.29. The molecule has 0 saturated carbocycles. The van der Waals surface area contributed by atoms with E-state index in [0.717, 1.165) is 14.8 Å². The number of urea groups is 1. The molecule has 0 aliphatic rings. The third-order valence-electron chi connectivity index (χ3n) is 3.30. The maximum Gasteiger partial charge on any atom is 0.323 e. The van der Waals surface area contributed by atoms with Gasteiger partial charge in [-0.05, 0) is 67.4 Å². The molecule has 130 valence electrons. The molecule has 1 atom stereocenters. The van der Waals surface area contributed by atoms with Crippen molar-refractivity contribution in [2.24, 2.45) is 0 Å². The summed E-state index contributed by atoms with van der Waals surface area (Å²) in [6.07, 6.45) is 2.73. The number of amides is 2. The average molecular weight is 443 g/mol. The summed E-state index contributed by atoms with van der Waals surface area (Å²) in [5, 5.41) is 19.6. The van der Waals surface area contributed by atoms with Crippen molar-refractivity contribution < 1.29 is 9.90 Å². The molecule has 0 fully saturated rings. The van der Waals surface area contributed by atoms with E-state index in [9.17, 15) is 9.90 Å². The first-order valence-corrected chi connectivity index (χ1v) is 8.61. The molecule has 0 saturated heterocycles. The maximum absolute atomic E-state index is 12.1. The van der Waals surface area contributed by atoms with Gasteiger partial charge in [0.1, 0.15) is 0 Å². The highest BCUT2D eigenvalue weighted by molar-refractivity contribution is 14.1. The van der Waals surface area contributed by atoms with Gasteiger partial charge in [-0.3, -0.25) is 4.68 Å². The number of hydrogen-bond acceptors (Lipinski definition) is 4. The standard InChI is InChI=1S/C16H22IN5O2/c1-11-6-12(17)4-5-15(11)20-16(24)19-13-7-18-22(8-13)10-14(23)9-21(2)3/h4-8,14,23H,9-10H2,1-3H3,(H2,19,20,24). The van der Waals surface area contributed by atoms with Crippen molar-refractivity contribution in [1.82, 2.24) is 14.7 Å². The van der Waals surface area contributed by atoms with Crippen molar-refractivity contribution in [3.63, 3.8) is 0 Å². The first-order valence-electron chi connectivity index (χ1n) is 7.53. The van der Waals surface area contributed by atoms with E-state index in [1.54, 1.807) is 17.1 Å². The molecule has 0 spiro atoms. The van der Waals surface area contributed by atoms with Gasteiger partial charge in [0, 0.05) is 22.0 Å². The Morgan fingerprint density at radius 3 is 2.83 bits per heavy atom. The third kappa shape index (κ3) is 5.77. The predicted molar refractivity (Wildman–Crippen MR) is 103 cm³/mol. The summed E-state index contributed by atoms with van der Waals surface area (Å²) in [6, 6.07) is 5.48. The Balaban J connectivity index is 1.90. The van der Waals surface area contributed by atoms with Crippen molar-refractivity contribution in [1.29, 1.82) is 0 Å². The molecule has 0 radical (unpaired) electrons. The highest BCUT2D eigenvalue weighted by Gasteiger charge is 2.10. The summed E-state index contributed by atoms with van der Waals surface area (Å²) in [5.41, 5.74) is 2.34. The Labute approximate surface area is 155 Å². The zero-order chi connectivity index (χ0) is 17.7. The second-order valence-corrected chi connectivity index (χ2v) is 7.15. The lowest BCUT2D eigenvalue weighted by Gasteiger charge is -2.15. The van der Waals surface area contributed by atoms with Crippen molar-refractivity contribution in [3.8, 4) is 0 Å². The van der Waals surface area contributed by atoms with E-state index in [-0.39, 0.29) is 6.03 Å². The number of aryl methyl sites for hydroxylation is 1. The van der Waals surface area contributed by atoms with Gasteiger partial charge in [-0.25, -0.2) is 4.79 Å². The fourth-order valence-corrected chi connectivity index (χ4v) is 2.92. The molecule has 3 N–H and O–H groups in total. The van der Waals surface area contributed by atoms with Crippen molar-refractivity contribution in [2.75, 3.05) is 31.3 Å². The summed E-state index contributed by atoms with van der Waals surface area (Å²) in [5.74, 6) is 0. The van der Waals surface area contributed by atoms with Gasteiger partial charge in [-0.2, -0.15) is 5.10 Å². The molecule has 0 aliphatic carbocycles. The average Bonchev–Trinajstić information content (AvgIpc) is 2.88. The molecular weight excluding hydrogens is 421 g/mol. The number of anilines is 2. The number of carbonyl (C=O) groups excluding carboxylic acids is 1. The highest BCUT2D eigenvalue weighted by atomic mass is 127. The smallest absolute Gasteiger partial charge is 0.323 e. The van der Waals surface area contributed by atoms with Crippen LogP contribution in [0.15, 0.2) is 30.6 Å². The highest BCUT2D eigenvalue weighted by Crippen LogP contribution is 2.18. The minimum atomic E-state index is -0.518. The van der Waals surface area contributed by atoms with E-state index in [2.05, 4.69) is 38.3 Å². The van der Waals surface area contributed by atoms with Gasteiger partial charge in [0.15, 0.2) is 0 Å². The van der Waals surface area contributed by atoms with E-state index < -0.39 is 6.10 Å². The monoisotopic (exact) mass is 443 g/mol. The lowest BCUT2D eigenvalue weighted by molar-refractivity contribution is 0.116. The number of nitrogens with zero attached hydrogens (tertiary/aromatic N) is 3. The summed E-state index contributed by atoms with van der Waals surface area (Å²) in [7, 11) is 3.80. The molecule has 1 aromatic heterocycles. The van der Waals surface area contributed by atoms with Crippen LogP contribution in [0.1, 0.15) is 5.56 Å². The van der Waals surface area contributed by atoms with Crippen molar-refractivity contribution in [2.45, 2.75) is 19.6 Å². The number of hydrogen-bond donors (Lipinski definition) is 3. The molecule has 8 heteroatoms. The van der Waals surface area contributed by atoms with Gasteiger partial charge in [0.2, 0.25) is 0 Å². The molecule has 0 aliphatic heterocycles. The van der Waals surface area contributed by atoms with Gasteiger partial charge >= 0.3 is 6.03 Å². The molecule has 24 heavy (non-hydrogen) atoms. The lowest BCUT2D eigenvalue weighted by atomic mass is 10.2. The summed E-state index contributed by atoms with van der Waals surface area (Å²) in [6.45, 7) is 2.87. The quantitative estimate of drug-likeness (QED) is 0.599. The number of aliphatic hydroxyl groups is 1. The number of halogens is 1. The van der Waals surface area contributed by atoms with E-state index >= 15 is 0 Å². The normalized spacial score (nSPS) is 12.2. The van der Waals surface area contributed by atoms with Crippen LogP contribution in [-0.4, -0.2) is 52.6 Å². The second-order valence-electron chi connectivity index (χ2n) is 5.91. The Morgan fingerprint density at radius 2 is 2.17 bits per heavy atom. The van der Waals surface area contributed by atoms with Gasteiger partial charge in [-0.1, -0.05) is 0 Å². The van der Waals surface area contributed by atoms with Crippen LogP contribution in [0.5, 0.6) is 0 Å². The van der Waals surface area contributed by atoms with Crippen molar-refractivity contribution in [3.05, 3.63) is 39.7 Å². The van der Waals surface area contributed by atoms with Gasteiger partial charge in [-0.15, -0.1) is 0 Å². The topological polar surface area (TPSA) is 82.4 Å². The van der Waals surface area contributed by atoms with Crippen LogP contribution < -0.4 is 10.6 Å². The maximum atomic E-state index is 12.1. The summed E-state index contributed by atoms with van der Waals surface area (Å²) < 4.78 is 2.73. The Hall–Kier alpha value is -1.65. The molecule has 7 nitrogen and oxygen atoms in total. The first kappa shape index (κ1) is 18.7. The number of carbonyl (C=O) groups is 1. The van der Waals surface area contributed by atoms with Crippen LogP contribution in [0.3, 0.4) is 0 Å². The Morgan fingerprint density at radius 1 is 1.42 bits per heavy atom. The molecule has 2 rings (SSSR count). The number of benzene rings is 1. The fourth-order valence-electron chi connectivity index (χ4n) is 2.28. The molecule has 0 bridgehead atoms. The molecule has 2 aromatic rings. The molecular formula is C16H22IN5O2. The summed E-state index contributed by atoms with van der Waals surface area (Å²) in [4.78, 5) is 14.0. The van der Waals surface area contributed by atoms with Gasteiger partial charge < -0.3 is 20.6 Å². The zero-order valence-electron chi connectivity index (χ0n) is 14.0. The first-order chi connectivity index (χ1) is 11.3. The van der Waals surface area contributed by atoms with Gasteiger partial charge in [0.05, 0.1) is 24.5 Å². The number of aliphatic hydroxyl groups excluding tert-OH is 1. The second kappa shape index (κ2) is 8.45. The van der Waals surface area contributed by atoms with Crippen LogP contribution in [0, 0.1) is 10.5 Å². The zero-order valence-corrected chi connectivity index (χ0v) is 16.1. The van der Waals surface area contributed by atoms with Crippen LogP contribution >= 0.6 is 22.6 Å². The van der Waals surface area contributed by atoms with Crippen LogP contribution in [0.2, 0.25) is 0 Å². The minimum absolute atomic E-state index is 0.326. The summed E-state index contributed by atoms with van der Waals surface area (Å²) >= 11 is 2.23. The van der Waals surface area contributed by atoms with E-state index in [4.69, 9.17) is 0 Å². The Kier molecular flexibility index (Phi) is 6.58. The number of aromatic nitrogens is 2. The minimum Gasteiger partial charge on any atom is -0.390 e. The third-order valence-corrected chi connectivity index (χ3v) is 3.97. The van der Waals surface area contributed by atoms with E-state index in [0.29, 0.717) is 18.8 Å². The van der Waals surface area contributed by atoms with E-state index in [1.165, 1.54) is 0 Å². The molecule has 2 amide bonds. The number of nitrogens with one attached hydrogen (secondary N) is 2. The van der Waals surface area contributed by atoms with Gasteiger partial charge in [0.25, 0.3) is 0 Å². The predicted octanol–water partition coefficient (Wildman–Crippen LogP) is 2.36. The van der Waals surface area contributed by atoms with Crippen LogP contribution in [0.25, 0.3) is 0 Å². The van der Waals surface area contributed by atoms with Crippen LogP contribution in [-0.2, 0) is 6.54 Å². The molecule has 1 unspecified atom stereocenters. The molecule has 1 aromatic carbocycles.